The third-order valence-electron chi connectivity index (χ3n) is 11.5. The van der Waals surface area contributed by atoms with Crippen molar-refractivity contribution in [3.05, 3.63) is 169 Å². The number of benzene rings is 9. The van der Waals surface area contributed by atoms with Crippen molar-refractivity contribution in [2.75, 3.05) is 4.90 Å². The molecule has 0 amide bonds. The Morgan fingerprint density at radius 1 is 0.407 bits per heavy atom. The second kappa shape index (κ2) is 11.5. The van der Waals surface area contributed by atoms with Gasteiger partial charge in [-0.25, -0.2) is 0 Å². The molecule has 11 rings (SSSR count). The summed E-state index contributed by atoms with van der Waals surface area (Å²) in [6.07, 6.45) is 0. The van der Waals surface area contributed by atoms with Gasteiger partial charge < -0.3 is 14.4 Å². The first kappa shape index (κ1) is 31.1. The van der Waals surface area contributed by atoms with Crippen LogP contribution in [0.4, 0.5) is 17.1 Å². The van der Waals surface area contributed by atoms with Gasteiger partial charge in [0.25, 0.3) is 6.71 Å². The molecule has 0 unspecified atom stereocenters. The number of fused-ring (bicyclic) bond motifs is 12. The minimum absolute atomic E-state index is 0.105. The third-order valence-corrected chi connectivity index (χ3v) is 11.5. The normalized spacial score (nSPS) is 13.0. The molecule has 9 aromatic rings. The van der Waals surface area contributed by atoms with Crippen LogP contribution in [0.25, 0.3) is 43.1 Å². The largest absolute Gasteiger partial charge is 0.458 e. The molecule has 2 aliphatic rings. The Hall–Kier alpha value is -6.52. The maximum atomic E-state index is 7.15. The minimum Gasteiger partial charge on any atom is -0.458 e. The van der Waals surface area contributed by atoms with Crippen LogP contribution in [0.1, 0.15) is 26.3 Å². The predicted molar refractivity (Wildman–Crippen MR) is 228 cm³/mol. The van der Waals surface area contributed by atoms with Crippen molar-refractivity contribution in [1.82, 2.24) is 0 Å². The summed E-state index contributed by atoms with van der Waals surface area (Å²) in [5.74, 6) is 3.49. The van der Waals surface area contributed by atoms with Crippen LogP contribution in [-0.2, 0) is 5.41 Å². The summed E-state index contributed by atoms with van der Waals surface area (Å²) < 4.78 is 14.2. The summed E-state index contributed by atoms with van der Waals surface area (Å²) in [6.45, 7) is 6.65. The first-order valence-corrected chi connectivity index (χ1v) is 18.8. The van der Waals surface area contributed by atoms with Crippen LogP contribution in [-0.4, -0.2) is 6.71 Å². The zero-order chi connectivity index (χ0) is 36.1. The molecule has 0 bridgehead atoms. The van der Waals surface area contributed by atoms with Gasteiger partial charge in [-0.2, -0.15) is 0 Å². The Bertz CT molecular complexity index is 2950. The second-order valence-electron chi connectivity index (χ2n) is 15.7. The zero-order valence-corrected chi connectivity index (χ0v) is 30.4. The fourth-order valence-electron chi connectivity index (χ4n) is 8.94. The van der Waals surface area contributed by atoms with E-state index in [1.807, 2.05) is 0 Å². The molecule has 0 aromatic heterocycles. The number of anilines is 3. The van der Waals surface area contributed by atoms with Gasteiger partial charge in [0, 0.05) is 28.3 Å². The first-order chi connectivity index (χ1) is 26.4. The number of rotatable bonds is 3. The van der Waals surface area contributed by atoms with Crippen molar-refractivity contribution in [1.29, 1.82) is 0 Å². The summed E-state index contributed by atoms with van der Waals surface area (Å²) in [7, 11) is 0. The number of ether oxygens (including phenoxy) is 2. The van der Waals surface area contributed by atoms with E-state index in [2.05, 4.69) is 189 Å². The van der Waals surface area contributed by atoms with E-state index in [4.69, 9.17) is 9.47 Å². The van der Waals surface area contributed by atoms with Crippen LogP contribution < -0.4 is 30.8 Å². The monoisotopic (exact) mass is 693 g/mol. The molecule has 0 fully saturated rings. The molecular formula is C50H36BNO2. The summed E-state index contributed by atoms with van der Waals surface area (Å²) in [4.78, 5) is 2.35. The van der Waals surface area contributed by atoms with Crippen molar-refractivity contribution in [3.63, 3.8) is 0 Å². The lowest BCUT2D eigenvalue weighted by Gasteiger charge is -2.36. The van der Waals surface area contributed by atoms with E-state index in [1.165, 1.54) is 48.7 Å². The van der Waals surface area contributed by atoms with E-state index >= 15 is 0 Å². The van der Waals surface area contributed by atoms with Gasteiger partial charge in [0.2, 0.25) is 0 Å². The molecule has 3 nitrogen and oxygen atoms in total. The van der Waals surface area contributed by atoms with E-state index in [0.29, 0.717) is 0 Å². The van der Waals surface area contributed by atoms with Crippen molar-refractivity contribution in [2.24, 2.45) is 0 Å². The molecule has 0 radical (unpaired) electrons. The van der Waals surface area contributed by atoms with Crippen molar-refractivity contribution in [2.45, 2.75) is 26.2 Å². The van der Waals surface area contributed by atoms with E-state index in [0.717, 1.165) is 56.4 Å². The van der Waals surface area contributed by atoms with Gasteiger partial charge in [-0.05, 0) is 102 Å². The van der Waals surface area contributed by atoms with Crippen LogP contribution in [0.15, 0.2) is 164 Å². The van der Waals surface area contributed by atoms with Gasteiger partial charge in [-0.3, -0.25) is 0 Å². The molecule has 2 heterocycles. The van der Waals surface area contributed by atoms with E-state index in [9.17, 15) is 0 Å². The highest BCUT2D eigenvalue weighted by molar-refractivity contribution is 6.99. The number of nitrogens with zero attached hydrogens (tertiary/aromatic N) is 1. The Morgan fingerprint density at radius 3 is 1.41 bits per heavy atom. The standard InChI is InChI=1S/C50H36BNO2/c1-50(2,3)31-26-45-49-46(27-31)54-47-30-43(52(32-16-6-4-7-17-32)33-18-8-5-9-19-33)38-24-14-15-25-39(38)48(47)51(49)42-28-40-36-22-12-10-20-34(36)35-21-11-13-23-37(35)41(40)29-44(42)53-45/h4-30H,1-3H3. The van der Waals surface area contributed by atoms with Crippen molar-refractivity contribution >= 4 is 83.3 Å². The van der Waals surface area contributed by atoms with Gasteiger partial charge >= 0.3 is 0 Å². The van der Waals surface area contributed by atoms with Crippen LogP contribution in [0.5, 0.6) is 23.0 Å². The SMILES string of the molecule is CC(C)(C)c1cc2c3c(c1)Oc1cc(N(c4ccccc4)c4ccccc4)c4ccccc4c1B3c1cc3c4ccccc4c4ccccc4c3cc1O2. The number of hydrogen-bond acceptors (Lipinski definition) is 3. The lowest BCUT2D eigenvalue weighted by atomic mass is 9.34. The molecule has 0 aliphatic carbocycles. The highest BCUT2D eigenvalue weighted by Gasteiger charge is 2.43. The quantitative estimate of drug-likeness (QED) is 0.136. The maximum Gasteiger partial charge on any atom is 0.261 e. The molecule has 9 aromatic carbocycles. The average molecular weight is 694 g/mol. The molecule has 256 valence electrons. The Kier molecular flexibility index (Phi) is 6.61. The Morgan fingerprint density at radius 2 is 0.852 bits per heavy atom. The molecule has 0 N–H and O–H groups in total. The second-order valence-corrected chi connectivity index (χ2v) is 15.7. The van der Waals surface area contributed by atoms with Gasteiger partial charge in [0.05, 0.1) is 5.69 Å². The molecular weight excluding hydrogens is 657 g/mol. The summed E-state index contributed by atoms with van der Waals surface area (Å²) in [5, 5.41) is 9.76. The van der Waals surface area contributed by atoms with Crippen LogP contribution in [0, 0.1) is 0 Å². The summed E-state index contributed by atoms with van der Waals surface area (Å²) >= 11 is 0. The third kappa shape index (κ3) is 4.56. The van der Waals surface area contributed by atoms with E-state index in [1.54, 1.807) is 0 Å². The first-order valence-electron chi connectivity index (χ1n) is 18.8. The number of hydrogen-bond donors (Lipinski definition) is 0. The molecule has 2 aliphatic heterocycles. The Labute approximate surface area is 315 Å². The fraction of sp³-hybridized carbons (Fsp3) is 0.0800. The molecule has 4 heteroatoms. The molecule has 0 saturated heterocycles. The summed E-state index contributed by atoms with van der Waals surface area (Å²) in [6, 6.07) is 59.1. The lowest BCUT2D eigenvalue weighted by Crippen LogP contribution is -2.57. The molecule has 0 saturated carbocycles. The highest BCUT2D eigenvalue weighted by Crippen LogP contribution is 2.46. The zero-order valence-electron chi connectivity index (χ0n) is 30.4. The topological polar surface area (TPSA) is 21.7 Å². The minimum atomic E-state index is -0.112. The predicted octanol–water partition coefficient (Wildman–Crippen LogP) is 11.8. The fourth-order valence-corrected chi connectivity index (χ4v) is 8.94. The molecule has 0 atom stereocenters. The van der Waals surface area contributed by atoms with Crippen LogP contribution >= 0.6 is 0 Å². The van der Waals surface area contributed by atoms with Gasteiger partial charge in [0.1, 0.15) is 23.0 Å². The summed E-state index contributed by atoms with van der Waals surface area (Å²) in [5.41, 5.74) is 7.73. The Balaban J connectivity index is 1.24. The van der Waals surface area contributed by atoms with Gasteiger partial charge in [-0.1, -0.05) is 136 Å². The molecule has 54 heavy (non-hydrogen) atoms. The smallest absolute Gasteiger partial charge is 0.261 e. The van der Waals surface area contributed by atoms with Gasteiger partial charge in [0.15, 0.2) is 0 Å². The number of para-hydroxylation sites is 2. The highest BCUT2D eigenvalue weighted by atomic mass is 16.5. The van der Waals surface area contributed by atoms with Gasteiger partial charge in [-0.15, -0.1) is 0 Å². The van der Waals surface area contributed by atoms with Crippen molar-refractivity contribution in [3.8, 4) is 23.0 Å². The van der Waals surface area contributed by atoms with E-state index < -0.39 is 0 Å². The lowest BCUT2D eigenvalue weighted by molar-refractivity contribution is 0.459. The van der Waals surface area contributed by atoms with Crippen molar-refractivity contribution < 1.29 is 9.47 Å². The maximum absolute atomic E-state index is 7.15. The van der Waals surface area contributed by atoms with E-state index in [-0.39, 0.29) is 12.1 Å². The molecule has 0 spiro atoms. The van der Waals surface area contributed by atoms with Crippen LogP contribution in [0.2, 0.25) is 0 Å². The average Bonchev–Trinajstić information content (AvgIpc) is 3.20. The van der Waals surface area contributed by atoms with Crippen LogP contribution in [0.3, 0.4) is 0 Å².